The Balaban J connectivity index is 1.75. The number of hydrogen-bond acceptors (Lipinski definition) is 5. The molecular formula is C24H24O4S. The number of aryl methyl sites for hydroxylation is 2. The number of thiophene rings is 1. The third kappa shape index (κ3) is 5.78. The van der Waals surface area contributed by atoms with Crippen LogP contribution >= 0.6 is 11.3 Å². The minimum Gasteiger partial charge on any atom is -0.423 e. The van der Waals surface area contributed by atoms with Gasteiger partial charge in [0.25, 0.3) is 0 Å². The molecule has 5 heteroatoms. The first-order valence-corrected chi connectivity index (χ1v) is 10.3. The summed E-state index contributed by atoms with van der Waals surface area (Å²) in [6.07, 6.45) is 1.63. The van der Waals surface area contributed by atoms with Crippen molar-refractivity contribution in [2.75, 3.05) is 0 Å². The number of ether oxygens (including phenoxy) is 2. The second-order valence-electron chi connectivity index (χ2n) is 7.11. The van der Waals surface area contributed by atoms with E-state index < -0.39 is 11.9 Å². The summed E-state index contributed by atoms with van der Waals surface area (Å²) in [4.78, 5) is 25.2. The molecule has 1 heterocycles. The molecule has 0 amide bonds. The van der Waals surface area contributed by atoms with Gasteiger partial charge in [0, 0.05) is 36.4 Å². The maximum absolute atomic E-state index is 11.4. The molecule has 1 aromatic heterocycles. The lowest BCUT2D eigenvalue weighted by atomic mass is 10.0. The molecule has 0 unspecified atom stereocenters. The smallest absolute Gasteiger partial charge is 0.308 e. The van der Waals surface area contributed by atoms with Crippen molar-refractivity contribution in [3.05, 3.63) is 80.5 Å². The highest BCUT2D eigenvalue weighted by Gasteiger charge is 2.12. The van der Waals surface area contributed by atoms with E-state index in [1.54, 1.807) is 23.5 Å². The number of carbonyl (C=O) groups is 2. The van der Waals surface area contributed by atoms with Crippen molar-refractivity contribution in [2.45, 2.75) is 40.5 Å². The van der Waals surface area contributed by atoms with Crippen LogP contribution in [0.3, 0.4) is 0 Å². The quantitative estimate of drug-likeness (QED) is 0.405. The van der Waals surface area contributed by atoms with E-state index in [0.717, 1.165) is 12.0 Å². The maximum Gasteiger partial charge on any atom is 0.308 e. The molecule has 0 saturated heterocycles. The minimum absolute atomic E-state index is 0.248. The molecule has 0 aliphatic rings. The van der Waals surface area contributed by atoms with E-state index in [2.05, 4.69) is 44.2 Å². The lowest BCUT2D eigenvalue weighted by Crippen LogP contribution is -2.07. The minimum atomic E-state index is -0.458. The summed E-state index contributed by atoms with van der Waals surface area (Å²) in [7, 11) is 0. The van der Waals surface area contributed by atoms with E-state index in [1.165, 1.54) is 40.3 Å². The fourth-order valence-electron chi connectivity index (χ4n) is 3.06. The summed E-state index contributed by atoms with van der Waals surface area (Å²) < 4.78 is 10.3. The molecule has 0 atom stereocenters. The van der Waals surface area contributed by atoms with E-state index in [0.29, 0.717) is 6.42 Å². The van der Waals surface area contributed by atoms with E-state index in [1.807, 2.05) is 6.07 Å². The molecule has 150 valence electrons. The molecule has 0 aliphatic heterocycles. The van der Waals surface area contributed by atoms with Crippen LogP contribution in [-0.2, 0) is 22.4 Å². The van der Waals surface area contributed by atoms with Gasteiger partial charge in [-0.05, 0) is 60.4 Å². The molecule has 0 spiro atoms. The topological polar surface area (TPSA) is 52.6 Å². The number of hydrogen-bond donors (Lipinski definition) is 0. The van der Waals surface area contributed by atoms with Crippen molar-refractivity contribution in [2.24, 2.45) is 0 Å². The predicted octanol–water partition coefficient (Wildman–Crippen LogP) is 5.40. The van der Waals surface area contributed by atoms with Gasteiger partial charge in [-0.15, -0.1) is 11.3 Å². The number of rotatable bonds is 6. The third-order valence-corrected chi connectivity index (χ3v) is 5.65. The Morgan fingerprint density at radius 3 is 1.86 bits per heavy atom. The Morgan fingerprint density at radius 1 is 0.724 bits per heavy atom. The average molecular weight is 409 g/mol. The lowest BCUT2D eigenvalue weighted by molar-refractivity contribution is -0.134. The van der Waals surface area contributed by atoms with Crippen molar-refractivity contribution in [1.82, 2.24) is 0 Å². The van der Waals surface area contributed by atoms with Crippen molar-refractivity contribution < 1.29 is 19.1 Å². The van der Waals surface area contributed by atoms with Crippen LogP contribution in [0.4, 0.5) is 0 Å². The molecule has 0 saturated carbocycles. The summed E-state index contributed by atoms with van der Waals surface area (Å²) in [5.74, 6) is -0.405. The van der Waals surface area contributed by atoms with Crippen LogP contribution in [0.5, 0.6) is 11.5 Å². The average Bonchev–Trinajstić information content (AvgIpc) is 3.06. The first-order valence-electron chi connectivity index (χ1n) is 9.43. The van der Waals surface area contributed by atoms with Crippen LogP contribution < -0.4 is 9.47 Å². The van der Waals surface area contributed by atoms with Gasteiger partial charge < -0.3 is 9.47 Å². The van der Waals surface area contributed by atoms with Crippen molar-refractivity contribution >= 4 is 23.3 Å². The number of carbonyl (C=O) groups excluding carboxylic acids is 2. The summed E-state index contributed by atoms with van der Waals surface area (Å²) in [6.45, 7) is 6.90. The van der Waals surface area contributed by atoms with Crippen LogP contribution in [0.15, 0.2) is 48.5 Å². The monoisotopic (exact) mass is 408 g/mol. The Labute approximate surface area is 175 Å². The summed E-state index contributed by atoms with van der Waals surface area (Å²) in [5, 5.41) is 0. The molecule has 0 fully saturated rings. The van der Waals surface area contributed by atoms with Gasteiger partial charge in [0.2, 0.25) is 0 Å². The fourth-order valence-corrected chi connectivity index (χ4v) is 4.15. The zero-order valence-electron chi connectivity index (χ0n) is 17.1. The van der Waals surface area contributed by atoms with Crippen molar-refractivity contribution in [3.63, 3.8) is 0 Å². The number of esters is 2. The first-order chi connectivity index (χ1) is 13.8. The van der Waals surface area contributed by atoms with Crippen LogP contribution in [0.2, 0.25) is 0 Å². The van der Waals surface area contributed by atoms with Gasteiger partial charge in [-0.25, -0.2) is 0 Å². The van der Waals surface area contributed by atoms with Gasteiger partial charge in [0.1, 0.15) is 0 Å². The van der Waals surface area contributed by atoms with E-state index in [-0.39, 0.29) is 11.5 Å². The van der Waals surface area contributed by atoms with E-state index in [9.17, 15) is 9.59 Å². The standard InChI is InChI=1S/C24H24O4S/c1-15-5-6-19(11-16(15)2)12-21-8-9-22(29-21)13-20-7-10-23(27-17(3)25)24(14-20)28-18(4)26/h5-11,14H,12-13H2,1-4H3. The molecule has 0 N–H and O–H groups in total. The van der Waals surface area contributed by atoms with E-state index in [4.69, 9.17) is 9.47 Å². The van der Waals surface area contributed by atoms with Crippen LogP contribution in [0, 0.1) is 13.8 Å². The molecular weight excluding hydrogens is 384 g/mol. The Hall–Kier alpha value is -2.92. The molecule has 3 rings (SSSR count). The molecule has 0 aliphatic carbocycles. The van der Waals surface area contributed by atoms with Crippen LogP contribution in [0.1, 0.15) is 45.9 Å². The lowest BCUT2D eigenvalue weighted by Gasteiger charge is -2.10. The zero-order chi connectivity index (χ0) is 21.0. The highest BCUT2D eigenvalue weighted by Crippen LogP contribution is 2.31. The highest BCUT2D eigenvalue weighted by molar-refractivity contribution is 7.12. The van der Waals surface area contributed by atoms with Crippen LogP contribution in [-0.4, -0.2) is 11.9 Å². The van der Waals surface area contributed by atoms with Crippen molar-refractivity contribution in [3.8, 4) is 11.5 Å². The number of benzene rings is 2. The Morgan fingerprint density at radius 2 is 1.28 bits per heavy atom. The van der Waals surface area contributed by atoms with Crippen LogP contribution in [0.25, 0.3) is 0 Å². The Kier molecular flexibility index (Phi) is 6.49. The largest absolute Gasteiger partial charge is 0.423 e. The maximum atomic E-state index is 11.4. The molecule has 0 bridgehead atoms. The zero-order valence-corrected chi connectivity index (χ0v) is 17.9. The first kappa shape index (κ1) is 20.8. The van der Waals surface area contributed by atoms with Gasteiger partial charge in [-0.1, -0.05) is 24.3 Å². The summed E-state index contributed by atoms with van der Waals surface area (Å²) in [5.41, 5.74) is 4.91. The highest BCUT2D eigenvalue weighted by atomic mass is 32.1. The molecule has 3 aromatic rings. The van der Waals surface area contributed by atoms with Gasteiger partial charge in [0.05, 0.1) is 0 Å². The fraction of sp³-hybridized carbons (Fsp3) is 0.250. The Bertz CT molecular complexity index is 1050. The molecule has 4 nitrogen and oxygen atoms in total. The summed E-state index contributed by atoms with van der Waals surface area (Å²) >= 11 is 1.77. The molecule has 29 heavy (non-hydrogen) atoms. The van der Waals surface area contributed by atoms with E-state index >= 15 is 0 Å². The third-order valence-electron chi connectivity index (χ3n) is 4.56. The normalized spacial score (nSPS) is 10.6. The SMILES string of the molecule is CC(=O)Oc1ccc(Cc2ccc(Cc3ccc(C)c(C)c3)s2)cc1OC(C)=O. The summed E-state index contributed by atoms with van der Waals surface area (Å²) in [6, 6.07) is 16.2. The van der Waals surface area contributed by atoms with Gasteiger partial charge >= 0.3 is 11.9 Å². The molecule has 2 aromatic carbocycles. The van der Waals surface area contributed by atoms with Crippen molar-refractivity contribution in [1.29, 1.82) is 0 Å². The second kappa shape index (κ2) is 9.05. The van der Waals surface area contributed by atoms with Gasteiger partial charge in [0.15, 0.2) is 11.5 Å². The molecule has 0 radical (unpaired) electrons. The predicted molar refractivity (Wildman–Crippen MR) is 115 cm³/mol. The second-order valence-corrected chi connectivity index (χ2v) is 8.36. The van der Waals surface area contributed by atoms with Gasteiger partial charge in [-0.3, -0.25) is 9.59 Å². The van der Waals surface area contributed by atoms with Gasteiger partial charge in [-0.2, -0.15) is 0 Å².